The zero-order valence-corrected chi connectivity index (χ0v) is 18.0. The van der Waals surface area contributed by atoms with Crippen LogP contribution in [0.4, 0.5) is 5.82 Å². The van der Waals surface area contributed by atoms with Gasteiger partial charge in [0.15, 0.2) is 5.96 Å². The van der Waals surface area contributed by atoms with Gasteiger partial charge in [-0.2, -0.15) is 0 Å². The Balaban J connectivity index is 0.00000210. The molecule has 1 saturated heterocycles. The molecule has 1 saturated carbocycles. The lowest BCUT2D eigenvalue weighted by Crippen LogP contribution is -2.49. The van der Waals surface area contributed by atoms with E-state index in [0.29, 0.717) is 18.0 Å². The van der Waals surface area contributed by atoms with Gasteiger partial charge in [-0.3, -0.25) is 4.99 Å². The minimum atomic E-state index is 0. The molecule has 2 atom stereocenters. The van der Waals surface area contributed by atoms with Gasteiger partial charge in [0.05, 0.1) is 0 Å². The molecule has 0 spiro atoms. The van der Waals surface area contributed by atoms with Crippen molar-refractivity contribution in [2.75, 3.05) is 25.0 Å². The lowest BCUT2D eigenvalue weighted by Gasteiger charge is -2.33. The van der Waals surface area contributed by atoms with Gasteiger partial charge in [0.2, 0.25) is 0 Å². The molecule has 2 aromatic rings. The van der Waals surface area contributed by atoms with Gasteiger partial charge in [0.25, 0.3) is 0 Å². The Kier molecular flexibility index (Phi) is 6.93. The van der Waals surface area contributed by atoms with Gasteiger partial charge in [-0.05, 0) is 37.0 Å². The molecule has 0 radical (unpaired) electrons. The maximum Gasteiger partial charge on any atom is 0.191 e. The first-order valence-electron chi connectivity index (χ1n) is 9.54. The highest BCUT2D eigenvalue weighted by molar-refractivity contribution is 14.0. The molecule has 144 valence electrons. The van der Waals surface area contributed by atoms with E-state index in [9.17, 15) is 0 Å². The van der Waals surface area contributed by atoms with Crippen molar-refractivity contribution in [3.05, 3.63) is 60.3 Å². The topological polar surface area (TPSA) is 52.6 Å². The zero-order chi connectivity index (χ0) is 17.8. The second-order valence-corrected chi connectivity index (χ2v) is 7.17. The van der Waals surface area contributed by atoms with Gasteiger partial charge < -0.3 is 15.5 Å². The molecule has 2 heterocycles. The number of guanidine groups is 1. The number of hydrogen-bond acceptors (Lipinski definition) is 3. The highest BCUT2D eigenvalue weighted by Crippen LogP contribution is 2.40. The fourth-order valence-electron chi connectivity index (χ4n) is 3.76. The summed E-state index contributed by atoms with van der Waals surface area (Å²) in [6, 6.07) is 17.8. The van der Waals surface area contributed by atoms with E-state index < -0.39 is 0 Å². The van der Waals surface area contributed by atoms with Crippen molar-refractivity contribution in [3.63, 3.8) is 0 Å². The monoisotopic (exact) mass is 477 g/mol. The largest absolute Gasteiger partial charge is 0.356 e. The fourth-order valence-corrected chi connectivity index (χ4v) is 3.76. The number of aromatic nitrogens is 1. The Morgan fingerprint density at radius 3 is 2.44 bits per heavy atom. The predicted molar refractivity (Wildman–Crippen MR) is 122 cm³/mol. The molecule has 1 aromatic carbocycles. The van der Waals surface area contributed by atoms with Crippen molar-refractivity contribution in [3.8, 4) is 0 Å². The van der Waals surface area contributed by atoms with Gasteiger partial charge in [0, 0.05) is 44.3 Å². The third-order valence-electron chi connectivity index (χ3n) is 5.37. The third-order valence-corrected chi connectivity index (χ3v) is 5.37. The van der Waals surface area contributed by atoms with Gasteiger partial charge in [-0.15, -0.1) is 24.0 Å². The predicted octanol–water partition coefficient (Wildman–Crippen LogP) is 3.39. The summed E-state index contributed by atoms with van der Waals surface area (Å²) in [4.78, 5) is 11.3. The van der Waals surface area contributed by atoms with Crippen LogP contribution >= 0.6 is 24.0 Å². The summed E-state index contributed by atoms with van der Waals surface area (Å²) in [5.74, 6) is 2.63. The quantitative estimate of drug-likeness (QED) is 0.403. The van der Waals surface area contributed by atoms with Gasteiger partial charge >= 0.3 is 0 Å². The molecule has 1 aliphatic carbocycles. The second kappa shape index (κ2) is 9.39. The summed E-state index contributed by atoms with van der Waals surface area (Å²) in [6.45, 7) is 2.06. The average molecular weight is 477 g/mol. The van der Waals surface area contributed by atoms with Gasteiger partial charge in [-0.1, -0.05) is 36.4 Å². The van der Waals surface area contributed by atoms with Crippen molar-refractivity contribution in [1.29, 1.82) is 0 Å². The van der Waals surface area contributed by atoms with E-state index >= 15 is 0 Å². The molecule has 6 heteroatoms. The summed E-state index contributed by atoms with van der Waals surface area (Å²) in [7, 11) is 1.86. The maximum absolute atomic E-state index is 4.46. The maximum atomic E-state index is 4.46. The molecule has 2 N–H and O–H groups in total. The molecule has 0 amide bonds. The Morgan fingerprint density at radius 1 is 1.04 bits per heavy atom. The number of piperidine rings is 1. The molecular formula is C21H28IN5. The first kappa shape index (κ1) is 19.9. The summed E-state index contributed by atoms with van der Waals surface area (Å²) < 4.78 is 0. The van der Waals surface area contributed by atoms with Crippen LogP contribution < -0.4 is 15.5 Å². The van der Waals surface area contributed by atoms with Crippen LogP contribution in [0, 0.1) is 0 Å². The van der Waals surface area contributed by atoms with Crippen LogP contribution in [0.15, 0.2) is 59.7 Å². The fraction of sp³-hybridized carbons (Fsp3) is 0.429. The second-order valence-electron chi connectivity index (χ2n) is 7.17. The Hall–Kier alpha value is -1.83. The van der Waals surface area contributed by atoms with Crippen molar-refractivity contribution in [1.82, 2.24) is 15.6 Å². The first-order valence-corrected chi connectivity index (χ1v) is 9.54. The highest BCUT2D eigenvalue weighted by atomic mass is 127. The number of halogens is 1. The van der Waals surface area contributed by atoms with E-state index in [1.54, 1.807) is 0 Å². The number of anilines is 1. The van der Waals surface area contributed by atoms with Crippen molar-refractivity contribution >= 4 is 35.8 Å². The standard InChI is InChI=1S/C21H27N5.HI/c1-22-21(25-19-15-18(19)16-7-3-2-4-8-16)24-17-10-13-26(14-11-17)20-9-5-6-12-23-20;/h2-9,12,17-19H,10-11,13-15H2,1H3,(H2,22,24,25);1H. The Labute approximate surface area is 178 Å². The van der Waals surface area contributed by atoms with Gasteiger partial charge in [0.1, 0.15) is 5.82 Å². The molecule has 1 aliphatic heterocycles. The van der Waals surface area contributed by atoms with Crippen molar-refractivity contribution in [2.24, 2.45) is 4.99 Å². The molecule has 5 nitrogen and oxygen atoms in total. The molecule has 2 fully saturated rings. The number of pyridine rings is 1. The summed E-state index contributed by atoms with van der Waals surface area (Å²) in [5.41, 5.74) is 1.42. The van der Waals surface area contributed by atoms with Crippen molar-refractivity contribution in [2.45, 2.75) is 37.3 Å². The van der Waals surface area contributed by atoms with E-state index in [1.165, 1.54) is 12.0 Å². The van der Waals surface area contributed by atoms with Crippen LogP contribution in [0.1, 0.15) is 30.7 Å². The number of rotatable bonds is 4. The molecule has 2 aliphatic rings. The molecule has 0 bridgehead atoms. The number of hydrogen-bond donors (Lipinski definition) is 2. The highest BCUT2D eigenvalue weighted by Gasteiger charge is 2.39. The molecular weight excluding hydrogens is 449 g/mol. The minimum Gasteiger partial charge on any atom is -0.356 e. The number of aliphatic imine (C=N–C) groups is 1. The SMILES string of the molecule is CN=C(NC1CCN(c2ccccn2)CC1)NC1CC1c1ccccc1.I. The van der Waals surface area contributed by atoms with Crippen LogP contribution in [-0.4, -0.2) is 43.2 Å². The lowest BCUT2D eigenvalue weighted by atomic mass is 10.1. The number of nitrogens with one attached hydrogen (secondary N) is 2. The van der Waals surface area contributed by atoms with E-state index in [0.717, 1.165) is 37.7 Å². The van der Waals surface area contributed by atoms with Gasteiger partial charge in [-0.25, -0.2) is 4.98 Å². The van der Waals surface area contributed by atoms with E-state index in [4.69, 9.17) is 0 Å². The van der Waals surface area contributed by atoms with Crippen LogP contribution in [0.25, 0.3) is 0 Å². The lowest BCUT2D eigenvalue weighted by molar-refractivity contribution is 0.459. The third kappa shape index (κ3) is 5.12. The summed E-state index contributed by atoms with van der Waals surface area (Å²) in [5, 5.41) is 7.21. The molecule has 27 heavy (non-hydrogen) atoms. The van der Waals surface area contributed by atoms with E-state index in [1.807, 2.05) is 19.3 Å². The zero-order valence-electron chi connectivity index (χ0n) is 15.7. The minimum absolute atomic E-state index is 0. The Morgan fingerprint density at radius 2 is 1.78 bits per heavy atom. The summed E-state index contributed by atoms with van der Waals surface area (Å²) >= 11 is 0. The Bertz CT molecular complexity index is 729. The molecule has 1 aromatic heterocycles. The first-order chi connectivity index (χ1) is 12.8. The average Bonchev–Trinajstić information content (AvgIpc) is 3.48. The molecule has 4 rings (SSSR count). The van der Waals surface area contributed by atoms with Crippen LogP contribution in [0.3, 0.4) is 0 Å². The number of nitrogens with zero attached hydrogens (tertiary/aromatic N) is 3. The normalized spacial score (nSPS) is 22.7. The van der Waals surface area contributed by atoms with Crippen LogP contribution in [-0.2, 0) is 0 Å². The molecule has 2 unspecified atom stereocenters. The van der Waals surface area contributed by atoms with Crippen LogP contribution in [0.2, 0.25) is 0 Å². The van der Waals surface area contributed by atoms with E-state index in [-0.39, 0.29) is 24.0 Å². The smallest absolute Gasteiger partial charge is 0.191 e. The summed E-state index contributed by atoms with van der Waals surface area (Å²) in [6.07, 6.45) is 5.25. The van der Waals surface area contributed by atoms with E-state index in [2.05, 4.69) is 68.0 Å². The van der Waals surface area contributed by atoms with Crippen LogP contribution in [0.5, 0.6) is 0 Å². The van der Waals surface area contributed by atoms with Crippen molar-refractivity contribution < 1.29 is 0 Å². The number of benzene rings is 1.